The summed E-state index contributed by atoms with van der Waals surface area (Å²) >= 11 is 0. The van der Waals surface area contributed by atoms with Gasteiger partial charge in [-0.05, 0) is 37.1 Å². The molecule has 0 saturated heterocycles. The highest BCUT2D eigenvalue weighted by Crippen LogP contribution is 2.54. The number of carboxylic acid groups (broad SMARTS) is 1. The highest BCUT2D eigenvalue weighted by atomic mass is 19.1. The maximum atomic E-state index is 14.7. The van der Waals surface area contributed by atoms with Crippen molar-refractivity contribution < 1.29 is 38.4 Å². The Kier molecular flexibility index (Phi) is 5.83. The molecular weight excluding hydrogens is 484 g/mol. The summed E-state index contributed by atoms with van der Waals surface area (Å²) in [6.07, 6.45) is 0.141. The molecule has 37 heavy (non-hydrogen) atoms. The number of benzene rings is 3. The Balaban J connectivity index is 1.99. The first-order valence-corrected chi connectivity index (χ1v) is 11.6. The zero-order chi connectivity index (χ0) is 26.6. The molecule has 7 nitrogen and oxygen atoms in total. The third-order valence-corrected chi connectivity index (χ3v) is 7.07. The molecule has 9 heteroatoms. The molecule has 1 heterocycles. The van der Waals surface area contributed by atoms with Crippen LogP contribution in [0.15, 0.2) is 48.5 Å². The van der Waals surface area contributed by atoms with E-state index in [1.807, 2.05) is 6.92 Å². The van der Waals surface area contributed by atoms with E-state index in [2.05, 4.69) is 0 Å². The zero-order valence-electron chi connectivity index (χ0n) is 20.4. The molecule has 0 unspecified atom stereocenters. The fourth-order valence-corrected chi connectivity index (χ4v) is 5.55. The number of halogens is 2. The molecule has 1 aromatic heterocycles. The van der Waals surface area contributed by atoms with Crippen LogP contribution in [-0.2, 0) is 5.41 Å². The number of carboxylic acids is 1. The smallest absolute Gasteiger partial charge is 0.339 e. The van der Waals surface area contributed by atoms with Crippen LogP contribution in [0.2, 0.25) is 0 Å². The number of aromatic hydroxyl groups is 1. The summed E-state index contributed by atoms with van der Waals surface area (Å²) in [5, 5.41) is 31.4. The third kappa shape index (κ3) is 3.77. The first-order chi connectivity index (χ1) is 17.6. The number of methoxy groups -OCH3 is 2. The van der Waals surface area contributed by atoms with E-state index in [9.17, 15) is 28.9 Å². The van der Waals surface area contributed by atoms with Gasteiger partial charge in [-0.1, -0.05) is 19.1 Å². The molecule has 3 aromatic carbocycles. The molecule has 1 aliphatic carbocycles. The molecule has 0 bridgehead atoms. The summed E-state index contributed by atoms with van der Waals surface area (Å²) in [5.41, 5.74) is 1.36. The Bertz CT molecular complexity index is 1550. The van der Waals surface area contributed by atoms with Crippen molar-refractivity contribution in [1.29, 1.82) is 0 Å². The lowest BCUT2D eigenvalue weighted by Crippen LogP contribution is -2.43. The standard InChI is InChI=1S/C28H25F2NO6/c1-28(12-16(32)13-28)26-23(17-5-4-6-18(27(34)35)25(17)37-3)24-20(9-14(29)10-21(24)33)31(26)15-7-8-19(30)22(11-15)36-2/h4-11,16,32-33H,12-13H2,1-3H3,(H,34,35). The first kappa shape index (κ1) is 24.6. The predicted molar refractivity (Wildman–Crippen MR) is 133 cm³/mol. The van der Waals surface area contributed by atoms with Gasteiger partial charge in [0.25, 0.3) is 0 Å². The highest BCUT2D eigenvalue weighted by molar-refractivity contribution is 6.06. The van der Waals surface area contributed by atoms with Gasteiger partial charge in [-0.25, -0.2) is 13.6 Å². The lowest BCUT2D eigenvalue weighted by atomic mass is 9.64. The summed E-state index contributed by atoms with van der Waals surface area (Å²) in [4.78, 5) is 12.0. The monoisotopic (exact) mass is 509 g/mol. The number of fused-ring (bicyclic) bond motifs is 1. The number of aliphatic hydroxyl groups excluding tert-OH is 1. The van der Waals surface area contributed by atoms with Crippen molar-refractivity contribution in [2.75, 3.05) is 14.2 Å². The number of hydrogen-bond donors (Lipinski definition) is 3. The Labute approximate surface area is 211 Å². The van der Waals surface area contributed by atoms with E-state index in [0.29, 0.717) is 35.3 Å². The van der Waals surface area contributed by atoms with Crippen molar-refractivity contribution in [2.24, 2.45) is 0 Å². The van der Waals surface area contributed by atoms with E-state index in [1.165, 1.54) is 44.6 Å². The minimum absolute atomic E-state index is 0.0308. The van der Waals surface area contributed by atoms with E-state index in [0.717, 1.165) is 6.07 Å². The number of carbonyl (C=O) groups is 1. The molecule has 1 aliphatic rings. The maximum absolute atomic E-state index is 14.7. The number of ether oxygens (including phenoxy) is 2. The number of aliphatic hydroxyl groups is 1. The highest BCUT2D eigenvalue weighted by Gasteiger charge is 2.46. The fourth-order valence-electron chi connectivity index (χ4n) is 5.55. The molecule has 1 fully saturated rings. The fraction of sp³-hybridized carbons (Fsp3) is 0.250. The molecule has 3 N–H and O–H groups in total. The quantitative estimate of drug-likeness (QED) is 0.321. The normalized spacial score (nSPS) is 19.0. The molecule has 5 rings (SSSR count). The minimum Gasteiger partial charge on any atom is -0.507 e. The second kappa shape index (κ2) is 8.77. The molecule has 0 atom stereocenters. The molecular formula is C28H25F2NO6. The molecule has 0 amide bonds. The van der Waals surface area contributed by atoms with Gasteiger partial charge in [-0.15, -0.1) is 0 Å². The van der Waals surface area contributed by atoms with Crippen molar-refractivity contribution >= 4 is 16.9 Å². The van der Waals surface area contributed by atoms with Gasteiger partial charge in [-0.2, -0.15) is 0 Å². The summed E-state index contributed by atoms with van der Waals surface area (Å²) in [6.45, 7) is 1.93. The van der Waals surface area contributed by atoms with Gasteiger partial charge in [0.1, 0.15) is 22.9 Å². The Morgan fingerprint density at radius 3 is 2.43 bits per heavy atom. The van der Waals surface area contributed by atoms with E-state index in [4.69, 9.17) is 9.47 Å². The average Bonchev–Trinajstić information content (AvgIpc) is 3.18. The number of rotatable bonds is 6. The lowest BCUT2D eigenvalue weighted by Gasteiger charge is -2.44. The van der Waals surface area contributed by atoms with E-state index in [1.54, 1.807) is 16.7 Å². The van der Waals surface area contributed by atoms with Gasteiger partial charge in [0.15, 0.2) is 11.6 Å². The van der Waals surface area contributed by atoms with Crippen molar-refractivity contribution in [1.82, 2.24) is 4.57 Å². The van der Waals surface area contributed by atoms with Gasteiger partial charge in [0.05, 0.1) is 31.2 Å². The Hall–Kier alpha value is -4.11. The second-order valence-corrected chi connectivity index (χ2v) is 9.51. The summed E-state index contributed by atoms with van der Waals surface area (Å²) < 4.78 is 41.5. The van der Waals surface area contributed by atoms with Gasteiger partial charge < -0.3 is 29.4 Å². The summed E-state index contributed by atoms with van der Waals surface area (Å²) in [5.74, 6) is -2.80. The van der Waals surface area contributed by atoms with Crippen molar-refractivity contribution in [3.8, 4) is 34.1 Å². The third-order valence-electron chi connectivity index (χ3n) is 7.07. The van der Waals surface area contributed by atoms with Crippen LogP contribution in [0.4, 0.5) is 8.78 Å². The first-order valence-electron chi connectivity index (χ1n) is 11.6. The van der Waals surface area contributed by atoms with E-state index in [-0.39, 0.29) is 33.7 Å². The topological polar surface area (TPSA) is 101 Å². The van der Waals surface area contributed by atoms with Crippen LogP contribution in [0.3, 0.4) is 0 Å². The number of aromatic nitrogens is 1. The van der Waals surface area contributed by atoms with Gasteiger partial charge in [-0.3, -0.25) is 0 Å². The van der Waals surface area contributed by atoms with Crippen LogP contribution in [0, 0.1) is 11.6 Å². The van der Waals surface area contributed by atoms with E-state index < -0.39 is 29.1 Å². The van der Waals surface area contributed by atoms with Crippen molar-refractivity contribution in [3.63, 3.8) is 0 Å². The lowest BCUT2D eigenvalue weighted by molar-refractivity contribution is 0.0249. The number of nitrogens with zero attached hydrogens (tertiary/aromatic N) is 1. The summed E-state index contributed by atoms with van der Waals surface area (Å²) in [7, 11) is 2.68. The van der Waals surface area contributed by atoms with Crippen LogP contribution in [0.25, 0.3) is 27.7 Å². The Morgan fingerprint density at radius 2 is 1.81 bits per heavy atom. The molecule has 192 valence electrons. The van der Waals surface area contributed by atoms with Crippen LogP contribution in [0.5, 0.6) is 17.2 Å². The number of aromatic carboxylic acids is 1. The second-order valence-electron chi connectivity index (χ2n) is 9.51. The van der Waals surface area contributed by atoms with Gasteiger partial charge in [0, 0.05) is 40.1 Å². The number of para-hydroxylation sites is 1. The number of phenols is 1. The SMILES string of the molecule is COc1cc(-n2c(C3(C)CC(O)C3)c(-c3cccc(C(=O)O)c3OC)c3c(O)cc(F)cc32)ccc1F. The predicted octanol–water partition coefficient (Wildman–Crippen LogP) is 5.41. The molecule has 0 radical (unpaired) electrons. The van der Waals surface area contributed by atoms with Crippen LogP contribution in [-0.4, -0.2) is 46.2 Å². The largest absolute Gasteiger partial charge is 0.507 e. The molecule has 4 aromatic rings. The molecule has 0 aliphatic heterocycles. The van der Waals surface area contributed by atoms with Crippen LogP contribution < -0.4 is 9.47 Å². The zero-order valence-corrected chi connectivity index (χ0v) is 20.4. The maximum Gasteiger partial charge on any atom is 0.339 e. The van der Waals surface area contributed by atoms with Crippen LogP contribution in [0.1, 0.15) is 35.8 Å². The van der Waals surface area contributed by atoms with E-state index >= 15 is 0 Å². The van der Waals surface area contributed by atoms with Crippen molar-refractivity contribution in [3.05, 3.63) is 71.4 Å². The Morgan fingerprint density at radius 1 is 1.08 bits per heavy atom. The molecule has 0 spiro atoms. The summed E-state index contributed by atoms with van der Waals surface area (Å²) in [6, 6.07) is 11.1. The minimum atomic E-state index is -1.20. The van der Waals surface area contributed by atoms with Gasteiger partial charge in [0.2, 0.25) is 0 Å². The number of hydrogen-bond acceptors (Lipinski definition) is 5. The molecule has 1 saturated carbocycles. The van der Waals surface area contributed by atoms with Crippen molar-refractivity contribution in [2.45, 2.75) is 31.3 Å². The number of phenolic OH excluding ortho intramolecular Hbond substituents is 1. The van der Waals surface area contributed by atoms with Crippen LogP contribution >= 0.6 is 0 Å². The van der Waals surface area contributed by atoms with Gasteiger partial charge >= 0.3 is 5.97 Å². The average molecular weight is 510 g/mol.